The zero-order valence-corrected chi connectivity index (χ0v) is 5.10. The van der Waals surface area contributed by atoms with E-state index in [9.17, 15) is 0 Å². The van der Waals surface area contributed by atoms with Crippen LogP contribution in [0.2, 0.25) is 0 Å². The minimum absolute atomic E-state index is 0.939. The van der Waals surface area contributed by atoms with Gasteiger partial charge in [0.25, 0.3) is 0 Å². The third-order valence-corrected chi connectivity index (χ3v) is 2.36. The molecule has 0 radical (unpaired) electrons. The van der Waals surface area contributed by atoms with Gasteiger partial charge < -0.3 is 4.74 Å². The molecule has 0 spiro atoms. The summed E-state index contributed by atoms with van der Waals surface area (Å²) in [5.41, 5.74) is 0. The summed E-state index contributed by atoms with van der Waals surface area (Å²) in [6.07, 6.45) is 4.33. The molecule has 1 saturated carbocycles. The van der Waals surface area contributed by atoms with Gasteiger partial charge in [-0.05, 0) is 31.1 Å². The van der Waals surface area contributed by atoms with Crippen molar-refractivity contribution in [3.63, 3.8) is 0 Å². The average molecular weight is 112 g/mol. The van der Waals surface area contributed by atoms with E-state index in [1.54, 1.807) is 0 Å². The van der Waals surface area contributed by atoms with E-state index < -0.39 is 0 Å². The molecular weight excluding hydrogens is 100 g/mol. The number of hydrogen-bond donors (Lipinski definition) is 0. The Morgan fingerprint density at radius 2 is 1.62 bits per heavy atom. The maximum atomic E-state index is 5.36. The van der Waals surface area contributed by atoms with Gasteiger partial charge in [0, 0.05) is 13.2 Å². The molecule has 2 rings (SSSR count). The molecule has 2 fully saturated rings. The average Bonchev–Trinajstić information content (AvgIpc) is 2.12. The highest BCUT2D eigenvalue weighted by Gasteiger charge is 2.28. The molecule has 2 atom stereocenters. The van der Waals surface area contributed by atoms with Gasteiger partial charge in [0.2, 0.25) is 0 Å². The zero-order valence-electron chi connectivity index (χ0n) is 5.10. The second-order valence-electron chi connectivity index (χ2n) is 3.08. The Kier molecular flexibility index (Phi) is 1.04. The molecule has 0 amide bonds. The van der Waals surface area contributed by atoms with Crippen molar-refractivity contribution in [2.45, 2.75) is 19.3 Å². The molecule has 8 heavy (non-hydrogen) atoms. The Morgan fingerprint density at radius 3 is 2.12 bits per heavy atom. The molecule has 1 heteroatoms. The van der Waals surface area contributed by atoms with Gasteiger partial charge in [0.15, 0.2) is 0 Å². The largest absolute Gasteiger partial charge is 0.381 e. The molecule has 0 aromatic heterocycles. The summed E-state index contributed by atoms with van der Waals surface area (Å²) < 4.78 is 5.36. The molecule has 0 aromatic carbocycles. The molecule has 46 valence electrons. The summed E-state index contributed by atoms with van der Waals surface area (Å²) in [5.74, 6) is 1.88. The molecule has 0 N–H and O–H groups in total. The van der Waals surface area contributed by atoms with Gasteiger partial charge in [-0.2, -0.15) is 0 Å². The van der Waals surface area contributed by atoms with Crippen LogP contribution in [0.5, 0.6) is 0 Å². The molecular formula is C7H12O. The lowest BCUT2D eigenvalue weighted by Crippen LogP contribution is -2.16. The van der Waals surface area contributed by atoms with Gasteiger partial charge in [-0.25, -0.2) is 0 Å². The molecule has 2 bridgehead atoms. The monoisotopic (exact) mass is 112 g/mol. The van der Waals surface area contributed by atoms with Crippen molar-refractivity contribution < 1.29 is 4.74 Å². The van der Waals surface area contributed by atoms with Crippen molar-refractivity contribution in [2.24, 2.45) is 11.8 Å². The highest BCUT2D eigenvalue weighted by Crippen LogP contribution is 2.34. The van der Waals surface area contributed by atoms with Crippen LogP contribution in [0.1, 0.15) is 19.3 Å². The fourth-order valence-corrected chi connectivity index (χ4v) is 1.88. The van der Waals surface area contributed by atoms with E-state index in [0.29, 0.717) is 0 Å². The highest BCUT2D eigenvalue weighted by molar-refractivity contribution is 4.78. The quantitative estimate of drug-likeness (QED) is 0.460. The first-order chi connectivity index (χ1) is 3.95. The standard InChI is InChI=1S/C7H12O/c1-2-7-3-6(1)4-8-5-7/h6-7H,1-5H2/t6-,7+. The molecule has 1 heterocycles. The third-order valence-electron chi connectivity index (χ3n) is 2.36. The van der Waals surface area contributed by atoms with Crippen LogP contribution in [-0.4, -0.2) is 13.2 Å². The van der Waals surface area contributed by atoms with Crippen LogP contribution in [0, 0.1) is 11.8 Å². The van der Waals surface area contributed by atoms with E-state index in [1.807, 2.05) is 0 Å². The Morgan fingerprint density at radius 1 is 1.00 bits per heavy atom. The first-order valence-electron chi connectivity index (χ1n) is 3.53. The van der Waals surface area contributed by atoms with Crippen molar-refractivity contribution in [3.8, 4) is 0 Å². The smallest absolute Gasteiger partial charge is 0.0494 e. The summed E-state index contributed by atoms with van der Waals surface area (Å²) in [7, 11) is 0. The predicted octanol–water partition coefficient (Wildman–Crippen LogP) is 1.43. The molecule has 2 aliphatic rings. The second kappa shape index (κ2) is 1.73. The van der Waals surface area contributed by atoms with E-state index in [4.69, 9.17) is 4.74 Å². The molecule has 0 aromatic rings. The van der Waals surface area contributed by atoms with E-state index in [2.05, 4.69) is 0 Å². The SMILES string of the molecule is C1C[C@H]2COC[C@@H]1C2. The Hall–Kier alpha value is -0.0400. The van der Waals surface area contributed by atoms with E-state index in [1.165, 1.54) is 19.3 Å². The molecule has 0 unspecified atom stereocenters. The zero-order chi connectivity index (χ0) is 5.40. The van der Waals surface area contributed by atoms with Gasteiger partial charge in [-0.1, -0.05) is 0 Å². The number of ether oxygens (including phenoxy) is 1. The topological polar surface area (TPSA) is 9.23 Å². The first kappa shape index (κ1) is 4.80. The van der Waals surface area contributed by atoms with Crippen LogP contribution in [-0.2, 0) is 4.74 Å². The van der Waals surface area contributed by atoms with Gasteiger partial charge in [0.05, 0.1) is 0 Å². The van der Waals surface area contributed by atoms with Crippen molar-refractivity contribution in [1.82, 2.24) is 0 Å². The van der Waals surface area contributed by atoms with Crippen LogP contribution < -0.4 is 0 Å². The van der Waals surface area contributed by atoms with Crippen LogP contribution in [0.4, 0.5) is 0 Å². The lowest BCUT2D eigenvalue weighted by Gasteiger charge is -2.17. The van der Waals surface area contributed by atoms with Crippen LogP contribution in [0.25, 0.3) is 0 Å². The second-order valence-corrected chi connectivity index (χ2v) is 3.08. The summed E-state index contributed by atoms with van der Waals surface area (Å²) >= 11 is 0. The van der Waals surface area contributed by atoms with Gasteiger partial charge >= 0.3 is 0 Å². The Labute approximate surface area is 50.0 Å². The molecule has 1 aliphatic heterocycles. The maximum absolute atomic E-state index is 5.36. The van der Waals surface area contributed by atoms with Crippen LogP contribution in [0.15, 0.2) is 0 Å². The minimum Gasteiger partial charge on any atom is -0.381 e. The van der Waals surface area contributed by atoms with E-state index in [0.717, 1.165) is 25.0 Å². The maximum Gasteiger partial charge on any atom is 0.0494 e. The third kappa shape index (κ3) is 0.655. The normalized spacial score (nSPS) is 45.0. The number of rotatable bonds is 0. The predicted molar refractivity (Wildman–Crippen MR) is 31.6 cm³/mol. The van der Waals surface area contributed by atoms with Crippen LogP contribution >= 0.6 is 0 Å². The number of fused-ring (bicyclic) bond motifs is 2. The fourth-order valence-electron chi connectivity index (χ4n) is 1.88. The first-order valence-corrected chi connectivity index (χ1v) is 3.53. The van der Waals surface area contributed by atoms with Gasteiger partial charge in [0.1, 0.15) is 0 Å². The lowest BCUT2D eigenvalue weighted by atomic mass is 10.0. The van der Waals surface area contributed by atoms with Crippen molar-refractivity contribution >= 4 is 0 Å². The van der Waals surface area contributed by atoms with Crippen molar-refractivity contribution in [1.29, 1.82) is 0 Å². The Bertz CT molecular complexity index is 76.4. The molecule has 1 saturated heterocycles. The molecule has 1 aliphatic carbocycles. The summed E-state index contributed by atoms with van der Waals surface area (Å²) in [4.78, 5) is 0. The Balaban J connectivity index is 2.03. The minimum atomic E-state index is 0.939. The fraction of sp³-hybridized carbons (Fsp3) is 1.00. The summed E-state index contributed by atoms with van der Waals surface area (Å²) in [6, 6.07) is 0. The van der Waals surface area contributed by atoms with Gasteiger partial charge in [-0.3, -0.25) is 0 Å². The van der Waals surface area contributed by atoms with E-state index in [-0.39, 0.29) is 0 Å². The van der Waals surface area contributed by atoms with Crippen LogP contribution in [0.3, 0.4) is 0 Å². The van der Waals surface area contributed by atoms with E-state index >= 15 is 0 Å². The summed E-state index contributed by atoms with van der Waals surface area (Å²) in [6.45, 7) is 2.10. The van der Waals surface area contributed by atoms with Crippen molar-refractivity contribution in [3.05, 3.63) is 0 Å². The lowest BCUT2D eigenvalue weighted by molar-refractivity contribution is 0.0477. The number of hydrogen-bond acceptors (Lipinski definition) is 1. The summed E-state index contributed by atoms with van der Waals surface area (Å²) in [5, 5.41) is 0. The van der Waals surface area contributed by atoms with Crippen molar-refractivity contribution in [2.75, 3.05) is 13.2 Å². The molecule has 1 nitrogen and oxygen atoms in total. The highest BCUT2D eigenvalue weighted by atomic mass is 16.5. The van der Waals surface area contributed by atoms with Gasteiger partial charge in [-0.15, -0.1) is 0 Å².